The highest BCUT2D eigenvalue weighted by atomic mass is 19.4. The number of non-ortho nitro benzene ring substituents is 1. The van der Waals surface area contributed by atoms with Crippen molar-refractivity contribution < 1.29 is 22.9 Å². The lowest BCUT2D eigenvalue weighted by Crippen LogP contribution is -2.43. The Morgan fingerprint density at radius 1 is 0.871 bits per heavy atom. The molecule has 0 amide bonds. The number of alkyl halides is 3. The van der Waals surface area contributed by atoms with Gasteiger partial charge < -0.3 is 0 Å². The fourth-order valence-corrected chi connectivity index (χ4v) is 3.09. The molecule has 0 aliphatic heterocycles. The van der Waals surface area contributed by atoms with Gasteiger partial charge in [0, 0.05) is 29.7 Å². The van der Waals surface area contributed by atoms with Crippen LogP contribution in [0.4, 0.5) is 18.9 Å². The van der Waals surface area contributed by atoms with Gasteiger partial charge in [0.15, 0.2) is 11.2 Å². The highest BCUT2D eigenvalue weighted by Crippen LogP contribution is 2.44. The largest absolute Gasteiger partial charge is 0.409 e. The van der Waals surface area contributed by atoms with Gasteiger partial charge in [-0.15, -0.1) is 0 Å². The zero-order valence-corrected chi connectivity index (χ0v) is 16.1. The van der Waals surface area contributed by atoms with Gasteiger partial charge in [0.2, 0.25) is 0 Å². The van der Waals surface area contributed by atoms with Gasteiger partial charge in [-0.3, -0.25) is 14.9 Å². The van der Waals surface area contributed by atoms with E-state index < -0.39 is 28.7 Å². The molecule has 0 unspecified atom stereocenters. The van der Waals surface area contributed by atoms with E-state index in [-0.39, 0.29) is 16.8 Å². The van der Waals surface area contributed by atoms with E-state index in [1.54, 1.807) is 36.4 Å². The lowest BCUT2D eigenvalue weighted by Gasteiger charge is -2.31. The topological polar surface area (TPSA) is 60.2 Å². The molecule has 3 rings (SSSR count). The number of benzene rings is 3. The number of nitro benzene ring substituents is 1. The maximum Gasteiger partial charge on any atom is 0.409 e. The minimum atomic E-state index is -4.85. The van der Waals surface area contributed by atoms with Crippen molar-refractivity contribution in [2.45, 2.75) is 18.0 Å². The van der Waals surface area contributed by atoms with E-state index in [2.05, 4.69) is 11.8 Å². The maximum absolute atomic E-state index is 14.5. The van der Waals surface area contributed by atoms with Gasteiger partial charge in [-0.2, -0.15) is 13.2 Å². The number of hydrogen-bond donors (Lipinski definition) is 0. The summed E-state index contributed by atoms with van der Waals surface area (Å²) in [5.41, 5.74) is -2.83. The predicted molar refractivity (Wildman–Crippen MR) is 110 cm³/mol. The smallest absolute Gasteiger partial charge is 0.294 e. The fourth-order valence-electron chi connectivity index (χ4n) is 3.09. The summed E-state index contributed by atoms with van der Waals surface area (Å²) in [6.07, 6.45) is -5.81. The summed E-state index contributed by atoms with van der Waals surface area (Å²) in [6.45, 7) is 0. The number of hydrogen-bond acceptors (Lipinski definition) is 3. The van der Waals surface area contributed by atoms with Crippen LogP contribution in [0.25, 0.3) is 0 Å². The van der Waals surface area contributed by atoms with E-state index in [9.17, 15) is 28.1 Å². The highest BCUT2D eigenvalue weighted by molar-refractivity contribution is 5.97. The minimum absolute atomic E-state index is 0.0586. The molecule has 0 aliphatic carbocycles. The molecule has 0 radical (unpaired) electrons. The first-order valence-electron chi connectivity index (χ1n) is 9.21. The van der Waals surface area contributed by atoms with Gasteiger partial charge in [0.25, 0.3) is 5.69 Å². The molecule has 0 aromatic heterocycles. The Kier molecular flexibility index (Phi) is 6.21. The highest BCUT2D eigenvalue weighted by Gasteiger charge is 2.56. The molecular weight excluding hydrogens is 407 g/mol. The van der Waals surface area contributed by atoms with Crippen molar-refractivity contribution in [3.05, 3.63) is 112 Å². The maximum atomic E-state index is 14.5. The van der Waals surface area contributed by atoms with Crippen LogP contribution in [0, 0.1) is 22.0 Å². The average Bonchev–Trinajstić information content (AvgIpc) is 2.77. The lowest BCUT2D eigenvalue weighted by molar-refractivity contribution is -0.384. The van der Waals surface area contributed by atoms with Crippen LogP contribution >= 0.6 is 0 Å². The van der Waals surface area contributed by atoms with Crippen molar-refractivity contribution in [1.29, 1.82) is 0 Å². The minimum Gasteiger partial charge on any atom is -0.294 e. The van der Waals surface area contributed by atoms with Gasteiger partial charge >= 0.3 is 6.18 Å². The van der Waals surface area contributed by atoms with Crippen LogP contribution in [0.5, 0.6) is 0 Å². The monoisotopic (exact) mass is 423 g/mol. The van der Waals surface area contributed by atoms with Crippen LogP contribution in [0.2, 0.25) is 0 Å². The van der Waals surface area contributed by atoms with Crippen LogP contribution in [0.1, 0.15) is 27.9 Å². The molecule has 0 spiro atoms. The molecule has 156 valence electrons. The number of halogens is 3. The van der Waals surface area contributed by atoms with E-state index in [1.165, 1.54) is 24.3 Å². The average molecular weight is 423 g/mol. The number of ketones is 1. The van der Waals surface area contributed by atoms with Crippen LogP contribution < -0.4 is 0 Å². The summed E-state index contributed by atoms with van der Waals surface area (Å²) >= 11 is 0. The third-order valence-corrected chi connectivity index (χ3v) is 4.77. The summed E-state index contributed by atoms with van der Waals surface area (Å²) in [7, 11) is 0. The number of nitro groups is 1. The molecular formula is C24H16F3NO3. The molecule has 0 N–H and O–H groups in total. The van der Waals surface area contributed by atoms with Gasteiger partial charge in [-0.05, 0) is 29.8 Å². The Morgan fingerprint density at radius 2 is 1.42 bits per heavy atom. The molecule has 3 aromatic rings. The summed E-state index contributed by atoms with van der Waals surface area (Å²) in [5, 5.41) is 10.8. The third kappa shape index (κ3) is 4.81. The Bertz CT molecular complexity index is 1130. The first-order chi connectivity index (χ1) is 14.7. The second kappa shape index (κ2) is 8.84. The normalized spacial score (nSPS) is 12.9. The molecule has 1 atom stereocenters. The number of Topliss-reactive ketones (excluding diaryl/α,β-unsaturated/α-hetero) is 1. The number of carbonyl (C=O) groups excluding carboxylic acids is 1. The zero-order valence-electron chi connectivity index (χ0n) is 16.1. The van der Waals surface area contributed by atoms with Crippen LogP contribution in [0.3, 0.4) is 0 Å². The summed E-state index contributed by atoms with van der Waals surface area (Å²) in [5.74, 6) is 4.07. The number of rotatable bonds is 5. The van der Waals surface area contributed by atoms with Crippen molar-refractivity contribution in [3.8, 4) is 11.8 Å². The summed E-state index contributed by atoms with van der Waals surface area (Å²) in [4.78, 5) is 23.0. The second-order valence-corrected chi connectivity index (χ2v) is 6.79. The van der Waals surface area contributed by atoms with Crippen molar-refractivity contribution in [1.82, 2.24) is 0 Å². The van der Waals surface area contributed by atoms with Crippen LogP contribution in [-0.4, -0.2) is 16.9 Å². The molecule has 3 aromatic carbocycles. The second-order valence-electron chi connectivity index (χ2n) is 6.79. The molecule has 0 bridgehead atoms. The fraction of sp³-hybridized carbons (Fsp3) is 0.125. The van der Waals surface area contributed by atoms with Gasteiger partial charge in [-0.25, -0.2) is 0 Å². The molecule has 4 nitrogen and oxygen atoms in total. The van der Waals surface area contributed by atoms with Gasteiger partial charge in [0.05, 0.1) is 4.92 Å². The molecule has 0 fully saturated rings. The number of nitrogens with zero attached hydrogens (tertiary/aromatic N) is 1. The Morgan fingerprint density at radius 3 is 1.94 bits per heavy atom. The van der Waals surface area contributed by atoms with Gasteiger partial charge in [-0.1, -0.05) is 60.4 Å². The van der Waals surface area contributed by atoms with E-state index in [1.807, 2.05) is 0 Å². The van der Waals surface area contributed by atoms with E-state index in [4.69, 9.17) is 0 Å². The van der Waals surface area contributed by atoms with E-state index >= 15 is 0 Å². The Hall–Kier alpha value is -3.92. The molecule has 0 saturated carbocycles. The van der Waals surface area contributed by atoms with Crippen molar-refractivity contribution >= 4 is 11.5 Å². The quantitative estimate of drug-likeness (QED) is 0.228. The zero-order chi connectivity index (χ0) is 22.5. The van der Waals surface area contributed by atoms with E-state index in [0.29, 0.717) is 5.56 Å². The predicted octanol–water partition coefficient (Wildman–Crippen LogP) is 5.72. The molecule has 7 heteroatoms. The molecule has 0 saturated heterocycles. The SMILES string of the molecule is O=C(C[C@](C#Cc1ccccc1)(c1ccccc1)C(F)(F)F)c1ccc([N+](=O)[O-])cc1. The summed E-state index contributed by atoms with van der Waals surface area (Å²) < 4.78 is 43.4. The van der Waals surface area contributed by atoms with Gasteiger partial charge in [0.1, 0.15) is 0 Å². The van der Waals surface area contributed by atoms with Crippen molar-refractivity contribution in [2.24, 2.45) is 0 Å². The first kappa shape index (κ1) is 21.8. The lowest BCUT2D eigenvalue weighted by atomic mass is 9.75. The standard InChI is InChI=1S/C24H16F3NO3/c25-24(26,27)23(20-9-5-2-6-10-20,16-15-18-7-3-1-4-8-18)17-22(29)19-11-13-21(14-12-19)28(30)31/h1-14H,17H2/t23-/m1/s1. The number of carbonyl (C=O) groups is 1. The first-order valence-corrected chi connectivity index (χ1v) is 9.21. The van der Waals surface area contributed by atoms with Crippen molar-refractivity contribution in [3.63, 3.8) is 0 Å². The molecule has 0 aliphatic rings. The van der Waals surface area contributed by atoms with Crippen molar-refractivity contribution in [2.75, 3.05) is 0 Å². The molecule has 31 heavy (non-hydrogen) atoms. The summed E-state index contributed by atoms with van der Waals surface area (Å²) in [6, 6.07) is 19.7. The van der Waals surface area contributed by atoms with Crippen LogP contribution in [-0.2, 0) is 5.41 Å². The third-order valence-electron chi connectivity index (χ3n) is 4.77. The Balaban J connectivity index is 2.09. The van der Waals surface area contributed by atoms with Crippen LogP contribution in [0.15, 0.2) is 84.9 Å². The molecule has 0 heterocycles. The van der Waals surface area contributed by atoms with E-state index in [0.717, 1.165) is 24.3 Å². The Labute approximate surface area is 176 Å².